The van der Waals surface area contributed by atoms with Gasteiger partial charge in [0.1, 0.15) is 5.75 Å². The van der Waals surface area contributed by atoms with Crippen LogP contribution in [0.2, 0.25) is 0 Å². The SMILES string of the molecule is CN1CC[C@]23CCCC[C@@H]2[C@@H]1Cc1ccc(O)cc13. The highest BCUT2D eigenvalue weighted by Crippen LogP contribution is 2.55. The molecule has 2 fully saturated rings. The third-order valence-electron chi connectivity index (χ3n) is 6.10. The topological polar surface area (TPSA) is 23.5 Å². The number of likely N-dealkylation sites (tertiary alicyclic amines) is 1. The van der Waals surface area contributed by atoms with E-state index in [9.17, 15) is 5.11 Å². The molecule has 2 heteroatoms. The molecular weight excluding hydrogens is 234 g/mol. The fourth-order valence-electron chi connectivity index (χ4n) is 5.18. The molecule has 1 saturated heterocycles. The fourth-order valence-corrected chi connectivity index (χ4v) is 5.18. The van der Waals surface area contributed by atoms with Gasteiger partial charge in [0.2, 0.25) is 0 Å². The van der Waals surface area contributed by atoms with Gasteiger partial charge < -0.3 is 10.0 Å². The molecule has 0 spiro atoms. The second-order valence-corrected chi connectivity index (χ2v) is 6.85. The second kappa shape index (κ2) is 3.99. The number of hydrogen-bond donors (Lipinski definition) is 1. The summed E-state index contributed by atoms with van der Waals surface area (Å²) in [6.45, 7) is 1.22. The van der Waals surface area contributed by atoms with Crippen molar-refractivity contribution in [1.82, 2.24) is 4.90 Å². The van der Waals surface area contributed by atoms with Crippen molar-refractivity contribution in [3.8, 4) is 5.75 Å². The summed E-state index contributed by atoms with van der Waals surface area (Å²) in [5, 5.41) is 9.91. The second-order valence-electron chi connectivity index (χ2n) is 6.85. The van der Waals surface area contributed by atoms with E-state index in [1.807, 2.05) is 6.07 Å². The van der Waals surface area contributed by atoms with Gasteiger partial charge in [-0.1, -0.05) is 18.9 Å². The van der Waals surface area contributed by atoms with Gasteiger partial charge in [0.05, 0.1) is 0 Å². The minimum Gasteiger partial charge on any atom is -0.508 e. The van der Waals surface area contributed by atoms with Crippen LogP contribution in [0.15, 0.2) is 18.2 Å². The molecule has 3 aliphatic rings. The first-order valence-corrected chi connectivity index (χ1v) is 7.73. The predicted molar refractivity (Wildman–Crippen MR) is 76.5 cm³/mol. The fraction of sp³-hybridized carbons (Fsp3) is 0.647. The van der Waals surface area contributed by atoms with Crippen LogP contribution in [0.1, 0.15) is 43.2 Å². The molecule has 102 valence electrons. The lowest BCUT2D eigenvalue weighted by Crippen LogP contribution is -2.59. The molecule has 1 N–H and O–H groups in total. The van der Waals surface area contributed by atoms with Crippen molar-refractivity contribution in [3.05, 3.63) is 29.3 Å². The zero-order valence-corrected chi connectivity index (χ0v) is 11.7. The average molecular weight is 257 g/mol. The van der Waals surface area contributed by atoms with Crippen LogP contribution in [-0.2, 0) is 11.8 Å². The Morgan fingerprint density at radius 1 is 1.26 bits per heavy atom. The van der Waals surface area contributed by atoms with E-state index in [2.05, 4.69) is 24.1 Å². The van der Waals surface area contributed by atoms with Gasteiger partial charge in [-0.25, -0.2) is 0 Å². The van der Waals surface area contributed by atoms with Crippen molar-refractivity contribution in [2.45, 2.75) is 50.0 Å². The summed E-state index contributed by atoms with van der Waals surface area (Å²) in [6.07, 6.45) is 7.93. The summed E-state index contributed by atoms with van der Waals surface area (Å²) >= 11 is 0. The number of benzene rings is 1. The van der Waals surface area contributed by atoms with E-state index in [0.717, 1.165) is 12.0 Å². The van der Waals surface area contributed by atoms with Gasteiger partial charge in [-0.2, -0.15) is 0 Å². The van der Waals surface area contributed by atoms with Crippen molar-refractivity contribution >= 4 is 0 Å². The van der Waals surface area contributed by atoms with Crippen molar-refractivity contribution in [1.29, 1.82) is 0 Å². The molecule has 2 bridgehead atoms. The highest BCUT2D eigenvalue weighted by molar-refractivity contribution is 5.45. The number of rotatable bonds is 0. The maximum Gasteiger partial charge on any atom is 0.115 e. The molecule has 2 nitrogen and oxygen atoms in total. The van der Waals surface area contributed by atoms with E-state index >= 15 is 0 Å². The van der Waals surface area contributed by atoms with Crippen molar-refractivity contribution in [2.75, 3.05) is 13.6 Å². The molecule has 0 unspecified atom stereocenters. The monoisotopic (exact) mass is 257 g/mol. The van der Waals surface area contributed by atoms with E-state index in [1.54, 1.807) is 0 Å². The van der Waals surface area contributed by atoms with Crippen LogP contribution in [-0.4, -0.2) is 29.6 Å². The molecule has 0 amide bonds. The number of hydrogen-bond acceptors (Lipinski definition) is 2. The van der Waals surface area contributed by atoms with Gasteiger partial charge in [0.15, 0.2) is 0 Å². The summed E-state index contributed by atoms with van der Waals surface area (Å²) in [6, 6.07) is 6.85. The average Bonchev–Trinajstić information content (AvgIpc) is 2.43. The Bertz CT molecular complexity index is 512. The summed E-state index contributed by atoms with van der Waals surface area (Å²) in [4.78, 5) is 2.59. The van der Waals surface area contributed by atoms with Crippen molar-refractivity contribution < 1.29 is 5.11 Å². The normalized spacial score (nSPS) is 37.5. The summed E-state index contributed by atoms with van der Waals surface area (Å²) < 4.78 is 0. The first-order valence-electron chi connectivity index (χ1n) is 7.73. The molecular formula is C17H23NO. The van der Waals surface area contributed by atoms with E-state index in [1.165, 1.54) is 56.2 Å². The molecule has 2 aliphatic carbocycles. The Morgan fingerprint density at radius 3 is 3.05 bits per heavy atom. The van der Waals surface area contributed by atoms with Gasteiger partial charge >= 0.3 is 0 Å². The first kappa shape index (κ1) is 11.8. The highest BCUT2D eigenvalue weighted by atomic mass is 16.3. The number of fused-ring (bicyclic) bond motifs is 1. The van der Waals surface area contributed by atoms with E-state index in [-0.39, 0.29) is 0 Å². The Morgan fingerprint density at radius 2 is 2.16 bits per heavy atom. The molecule has 1 heterocycles. The van der Waals surface area contributed by atoms with E-state index in [0.29, 0.717) is 11.2 Å². The van der Waals surface area contributed by atoms with Gasteiger partial charge in [0, 0.05) is 11.5 Å². The molecule has 0 aromatic heterocycles. The number of nitrogens with zero attached hydrogens (tertiary/aromatic N) is 1. The number of likely N-dealkylation sites (N-methyl/N-ethyl adjacent to an activating group) is 1. The molecule has 1 aromatic carbocycles. The summed E-state index contributed by atoms with van der Waals surface area (Å²) in [7, 11) is 2.30. The van der Waals surface area contributed by atoms with Gasteiger partial charge in [-0.3, -0.25) is 0 Å². The third-order valence-corrected chi connectivity index (χ3v) is 6.10. The van der Waals surface area contributed by atoms with E-state index < -0.39 is 0 Å². The molecule has 1 aliphatic heterocycles. The summed E-state index contributed by atoms with van der Waals surface area (Å²) in [5.74, 6) is 1.27. The van der Waals surface area contributed by atoms with Crippen LogP contribution in [0.25, 0.3) is 0 Å². The van der Waals surface area contributed by atoms with Crippen LogP contribution in [0.4, 0.5) is 0 Å². The summed E-state index contributed by atoms with van der Waals surface area (Å²) in [5.41, 5.74) is 3.36. The Kier molecular flexibility index (Phi) is 2.47. The molecule has 4 rings (SSSR count). The van der Waals surface area contributed by atoms with E-state index in [4.69, 9.17) is 0 Å². The van der Waals surface area contributed by atoms with Crippen LogP contribution in [0.3, 0.4) is 0 Å². The number of phenols is 1. The number of aromatic hydroxyl groups is 1. The van der Waals surface area contributed by atoms with Crippen LogP contribution < -0.4 is 0 Å². The van der Waals surface area contributed by atoms with Gasteiger partial charge in [-0.15, -0.1) is 0 Å². The third kappa shape index (κ3) is 1.53. The quantitative estimate of drug-likeness (QED) is 0.772. The van der Waals surface area contributed by atoms with Crippen molar-refractivity contribution in [2.24, 2.45) is 5.92 Å². The minimum atomic E-state index is 0.377. The van der Waals surface area contributed by atoms with Crippen LogP contribution in [0.5, 0.6) is 5.75 Å². The number of phenolic OH excluding ortho intramolecular Hbond substituents is 1. The zero-order valence-electron chi connectivity index (χ0n) is 11.7. The standard InChI is InChI=1S/C17H23NO/c1-18-9-8-17-7-3-2-4-14(17)16(18)10-12-5-6-13(19)11-15(12)17/h5-6,11,14,16,19H,2-4,7-10H2,1H3/t14-,16+,17-/m1/s1. The number of piperidine rings is 1. The lowest BCUT2D eigenvalue weighted by molar-refractivity contribution is 0.00274. The van der Waals surface area contributed by atoms with Gasteiger partial charge in [-0.05, 0) is 68.5 Å². The Balaban J connectivity index is 1.90. The lowest BCUT2D eigenvalue weighted by atomic mass is 9.52. The Labute approximate surface area is 115 Å². The largest absolute Gasteiger partial charge is 0.508 e. The Hall–Kier alpha value is -1.02. The maximum absolute atomic E-state index is 9.91. The molecule has 0 radical (unpaired) electrons. The van der Waals surface area contributed by atoms with Gasteiger partial charge in [0.25, 0.3) is 0 Å². The van der Waals surface area contributed by atoms with Crippen molar-refractivity contribution in [3.63, 3.8) is 0 Å². The highest BCUT2D eigenvalue weighted by Gasteiger charge is 2.52. The molecule has 1 aromatic rings. The van der Waals surface area contributed by atoms with Crippen LogP contribution in [0, 0.1) is 5.92 Å². The smallest absolute Gasteiger partial charge is 0.115 e. The van der Waals surface area contributed by atoms with Crippen LogP contribution >= 0.6 is 0 Å². The lowest BCUT2D eigenvalue weighted by Gasteiger charge is -2.58. The molecule has 19 heavy (non-hydrogen) atoms. The predicted octanol–water partition coefficient (Wildman–Crippen LogP) is 3.08. The zero-order chi connectivity index (χ0) is 13.0. The molecule has 1 saturated carbocycles. The minimum absolute atomic E-state index is 0.377. The first-order chi connectivity index (χ1) is 9.21. The maximum atomic E-state index is 9.91. The molecule has 3 atom stereocenters.